The first-order valence-corrected chi connectivity index (χ1v) is 13.7. The van der Waals surface area contributed by atoms with Crippen molar-refractivity contribution < 1.29 is 39.3 Å². The summed E-state index contributed by atoms with van der Waals surface area (Å²) in [6.45, 7) is 5.53. The van der Waals surface area contributed by atoms with E-state index in [0.717, 1.165) is 44.2 Å². The Morgan fingerprint density at radius 3 is 2.45 bits per heavy atom. The zero-order valence-electron chi connectivity index (χ0n) is 22.5. The van der Waals surface area contributed by atoms with Gasteiger partial charge < -0.3 is 25.5 Å². The summed E-state index contributed by atoms with van der Waals surface area (Å²) in [5, 5.41) is 35.7. The highest BCUT2D eigenvalue weighted by atomic mass is 16.6. The van der Waals surface area contributed by atoms with Crippen LogP contribution in [0.15, 0.2) is 16.8 Å². The molecule has 4 aliphatic rings. The Morgan fingerprint density at radius 2 is 1.79 bits per heavy atom. The van der Waals surface area contributed by atoms with Crippen molar-refractivity contribution in [2.24, 2.45) is 33.7 Å². The van der Waals surface area contributed by atoms with E-state index in [-0.39, 0.29) is 29.5 Å². The van der Waals surface area contributed by atoms with Crippen LogP contribution in [0.1, 0.15) is 85.0 Å². The predicted molar refractivity (Wildman–Crippen MR) is 137 cm³/mol. The van der Waals surface area contributed by atoms with E-state index in [2.05, 4.69) is 30.4 Å². The molecule has 0 spiro atoms. The minimum absolute atomic E-state index is 0.0242. The van der Waals surface area contributed by atoms with Gasteiger partial charge in [-0.1, -0.05) is 24.6 Å². The molecule has 4 rings (SSSR count). The van der Waals surface area contributed by atoms with Gasteiger partial charge in [0.15, 0.2) is 12.4 Å². The molecule has 0 aromatic carbocycles. The zero-order valence-corrected chi connectivity index (χ0v) is 22.5. The highest BCUT2D eigenvalue weighted by molar-refractivity contribution is 5.96. The topological polar surface area (TPSA) is 163 Å². The number of carbonyl (C=O) groups is 4. The molecule has 210 valence electrons. The fourth-order valence-corrected chi connectivity index (χ4v) is 8.17. The molecule has 0 bridgehead atoms. The van der Waals surface area contributed by atoms with Crippen LogP contribution in [0, 0.1) is 28.6 Å². The van der Waals surface area contributed by atoms with Crippen molar-refractivity contribution in [1.82, 2.24) is 5.32 Å². The van der Waals surface area contributed by atoms with Crippen molar-refractivity contribution in [2.45, 2.75) is 96.6 Å². The van der Waals surface area contributed by atoms with E-state index in [9.17, 15) is 29.4 Å². The number of carbonyl (C=O) groups excluding carboxylic acids is 2. The van der Waals surface area contributed by atoms with Crippen LogP contribution in [0.5, 0.6) is 0 Å². The Labute approximate surface area is 222 Å². The SMILES string of the molecule is CC(=O)[C@@]1(O)CCC2C3CCC4=C/C(=N/OCC(=O)NC(CCC(=O)O)C(=O)O)CC[C@]4(C)C3CC[C@@]21C. The minimum atomic E-state index is -1.30. The molecule has 10 heteroatoms. The third kappa shape index (κ3) is 4.87. The molecule has 4 aliphatic carbocycles. The predicted octanol–water partition coefficient (Wildman–Crippen LogP) is 3.08. The first kappa shape index (κ1) is 28.3. The average molecular weight is 533 g/mol. The molecule has 38 heavy (non-hydrogen) atoms. The molecule has 3 fully saturated rings. The molecule has 0 radical (unpaired) electrons. The van der Waals surface area contributed by atoms with Crippen LogP contribution in [0.25, 0.3) is 0 Å². The standard InChI is InChI=1S/C28H40N2O8/c1-16(31)28(37)13-10-21-19-5-4-17-14-18(8-11-26(17,2)20(19)9-12-27(21,28)3)30-38-15-23(32)29-22(25(35)36)6-7-24(33)34/h14,19-22,37H,4-13,15H2,1-3H3,(H,29,32)(H,33,34)(H,35,36)/b30-18+/t19?,20?,21?,22?,26-,27-,28-/m0/s1. The molecule has 0 aliphatic heterocycles. The maximum Gasteiger partial charge on any atom is 0.326 e. The number of Topliss-reactive ketones (excluding diaryl/α,β-unsaturated/α-hetero) is 1. The fraction of sp³-hybridized carbons (Fsp3) is 0.750. The Balaban J connectivity index is 1.38. The lowest BCUT2D eigenvalue weighted by atomic mass is 9.46. The Bertz CT molecular complexity index is 1070. The minimum Gasteiger partial charge on any atom is -0.481 e. The molecule has 10 nitrogen and oxygen atoms in total. The monoisotopic (exact) mass is 532 g/mol. The number of allylic oxidation sites excluding steroid dienone is 2. The van der Waals surface area contributed by atoms with Crippen LogP contribution >= 0.6 is 0 Å². The van der Waals surface area contributed by atoms with Crippen LogP contribution in [-0.4, -0.2) is 62.9 Å². The van der Waals surface area contributed by atoms with E-state index in [1.807, 2.05) is 0 Å². The van der Waals surface area contributed by atoms with Gasteiger partial charge in [0.1, 0.15) is 11.6 Å². The van der Waals surface area contributed by atoms with Crippen LogP contribution in [-0.2, 0) is 24.0 Å². The van der Waals surface area contributed by atoms with Gasteiger partial charge in [-0.15, -0.1) is 0 Å². The summed E-state index contributed by atoms with van der Waals surface area (Å²) in [5.41, 5.74) is 0.532. The number of ketones is 1. The van der Waals surface area contributed by atoms with Crippen molar-refractivity contribution >= 4 is 29.3 Å². The zero-order chi connectivity index (χ0) is 27.9. The lowest BCUT2D eigenvalue weighted by molar-refractivity contribution is -0.159. The Hall–Kier alpha value is -2.75. The van der Waals surface area contributed by atoms with E-state index in [0.29, 0.717) is 30.6 Å². The van der Waals surface area contributed by atoms with Crippen LogP contribution in [0.2, 0.25) is 0 Å². The van der Waals surface area contributed by atoms with Gasteiger partial charge in [0.05, 0.1) is 5.71 Å². The molecule has 0 heterocycles. The molecule has 3 saturated carbocycles. The number of carboxylic acids is 2. The largest absolute Gasteiger partial charge is 0.481 e. The lowest BCUT2D eigenvalue weighted by Crippen LogP contribution is -2.57. The van der Waals surface area contributed by atoms with E-state index in [4.69, 9.17) is 9.94 Å². The number of oxime groups is 1. The number of carboxylic acid groups (broad SMARTS) is 2. The van der Waals surface area contributed by atoms with Crippen molar-refractivity contribution in [3.05, 3.63) is 11.6 Å². The van der Waals surface area contributed by atoms with Crippen LogP contribution < -0.4 is 5.32 Å². The number of rotatable bonds is 9. The third-order valence-corrected chi connectivity index (χ3v) is 10.4. The van der Waals surface area contributed by atoms with Gasteiger partial charge in [0.2, 0.25) is 0 Å². The average Bonchev–Trinajstić information content (AvgIpc) is 3.13. The summed E-state index contributed by atoms with van der Waals surface area (Å²) in [6.07, 6.45) is 8.32. The molecule has 7 atom stereocenters. The Morgan fingerprint density at radius 1 is 1.08 bits per heavy atom. The van der Waals surface area contributed by atoms with Crippen molar-refractivity contribution in [1.29, 1.82) is 0 Å². The van der Waals surface area contributed by atoms with Crippen molar-refractivity contribution in [2.75, 3.05) is 6.61 Å². The second-order valence-electron chi connectivity index (χ2n) is 12.2. The number of nitrogens with zero attached hydrogens (tertiary/aromatic N) is 1. The first-order valence-electron chi connectivity index (χ1n) is 13.7. The molecular weight excluding hydrogens is 492 g/mol. The summed E-state index contributed by atoms with van der Waals surface area (Å²) in [7, 11) is 0. The number of aliphatic carboxylic acids is 2. The highest BCUT2D eigenvalue weighted by Gasteiger charge is 2.65. The summed E-state index contributed by atoms with van der Waals surface area (Å²) >= 11 is 0. The van der Waals surface area contributed by atoms with E-state index < -0.39 is 36.1 Å². The maximum absolute atomic E-state index is 12.4. The number of hydrogen-bond acceptors (Lipinski definition) is 7. The maximum atomic E-state index is 12.4. The third-order valence-electron chi connectivity index (χ3n) is 10.4. The quantitative estimate of drug-likeness (QED) is 0.329. The number of hydrogen-bond donors (Lipinski definition) is 4. The second-order valence-corrected chi connectivity index (χ2v) is 12.2. The van der Waals surface area contributed by atoms with Gasteiger partial charge in [-0.25, -0.2) is 4.79 Å². The van der Waals surface area contributed by atoms with Gasteiger partial charge in [-0.05, 0) is 94.0 Å². The van der Waals surface area contributed by atoms with E-state index >= 15 is 0 Å². The summed E-state index contributed by atoms with van der Waals surface area (Å²) in [6, 6.07) is -1.30. The van der Waals surface area contributed by atoms with Crippen molar-refractivity contribution in [3.8, 4) is 0 Å². The molecule has 4 unspecified atom stereocenters. The van der Waals surface area contributed by atoms with Gasteiger partial charge in [-0.3, -0.25) is 14.4 Å². The number of fused-ring (bicyclic) bond motifs is 5. The first-order chi connectivity index (χ1) is 17.8. The van der Waals surface area contributed by atoms with Gasteiger partial charge >= 0.3 is 11.9 Å². The normalized spacial score (nSPS) is 37.7. The smallest absolute Gasteiger partial charge is 0.326 e. The fourth-order valence-electron chi connectivity index (χ4n) is 8.17. The van der Waals surface area contributed by atoms with Gasteiger partial charge in [0.25, 0.3) is 5.91 Å². The number of amides is 1. The van der Waals surface area contributed by atoms with Gasteiger partial charge in [-0.2, -0.15) is 0 Å². The Kier molecular flexibility index (Phi) is 7.76. The molecular formula is C28H40N2O8. The molecule has 0 aromatic heterocycles. The summed E-state index contributed by atoms with van der Waals surface area (Å²) < 4.78 is 0. The molecule has 0 aromatic rings. The van der Waals surface area contributed by atoms with Crippen LogP contribution in [0.3, 0.4) is 0 Å². The lowest BCUT2D eigenvalue weighted by Gasteiger charge is -2.59. The second kappa shape index (κ2) is 10.4. The summed E-state index contributed by atoms with van der Waals surface area (Å²) in [5.74, 6) is -1.90. The molecule has 1 amide bonds. The van der Waals surface area contributed by atoms with E-state index in [1.165, 1.54) is 12.5 Å². The molecule has 0 saturated heterocycles. The number of aliphatic hydroxyl groups is 1. The number of nitrogens with one attached hydrogen (secondary N) is 1. The highest BCUT2D eigenvalue weighted by Crippen LogP contribution is 2.67. The summed E-state index contributed by atoms with van der Waals surface area (Å²) in [4.78, 5) is 51.7. The van der Waals surface area contributed by atoms with E-state index in [1.54, 1.807) is 0 Å². The van der Waals surface area contributed by atoms with Gasteiger partial charge in [0, 0.05) is 11.8 Å². The van der Waals surface area contributed by atoms with Crippen LogP contribution in [0.4, 0.5) is 0 Å². The molecule has 4 N–H and O–H groups in total. The van der Waals surface area contributed by atoms with Crippen molar-refractivity contribution in [3.63, 3.8) is 0 Å².